The van der Waals surface area contributed by atoms with Crippen molar-refractivity contribution in [2.75, 3.05) is 18.1 Å². The van der Waals surface area contributed by atoms with Crippen molar-refractivity contribution in [3.8, 4) is 0 Å². The monoisotopic (exact) mass is 272 g/mol. The maximum atomic E-state index is 11.6. The Kier molecular flexibility index (Phi) is 2.99. The molecule has 5 unspecified atom stereocenters. The second-order valence-electron chi connectivity index (χ2n) is 6.86. The quantitative estimate of drug-likeness (QED) is 0.786. The van der Waals surface area contributed by atoms with Crippen molar-refractivity contribution in [2.45, 2.75) is 44.2 Å². The van der Waals surface area contributed by atoms with Crippen LogP contribution in [0.1, 0.15) is 32.6 Å². The Morgan fingerprint density at radius 3 is 2.61 bits per heavy atom. The van der Waals surface area contributed by atoms with Gasteiger partial charge in [0.25, 0.3) is 0 Å². The number of sulfone groups is 1. The molecule has 3 rings (SSSR count). The zero-order valence-electron chi connectivity index (χ0n) is 11.1. The molecule has 0 radical (unpaired) electrons. The predicted molar refractivity (Wildman–Crippen MR) is 72.0 cm³/mol. The van der Waals surface area contributed by atoms with Crippen LogP contribution < -0.4 is 11.1 Å². The summed E-state index contributed by atoms with van der Waals surface area (Å²) in [7, 11) is -2.82. The van der Waals surface area contributed by atoms with Crippen LogP contribution >= 0.6 is 0 Å². The molecule has 3 fully saturated rings. The van der Waals surface area contributed by atoms with E-state index in [-0.39, 0.29) is 11.3 Å². The number of nitrogens with two attached hydrogens (primary N) is 1. The van der Waals surface area contributed by atoms with E-state index in [0.29, 0.717) is 17.7 Å². The minimum absolute atomic E-state index is 0.222. The molecule has 1 saturated heterocycles. The molecule has 0 amide bonds. The van der Waals surface area contributed by atoms with Crippen LogP contribution in [-0.4, -0.2) is 38.0 Å². The third kappa shape index (κ3) is 2.21. The molecule has 2 aliphatic carbocycles. The lowest BCUT2D eigenvalue weighted by Crippen LogP contribution is -2.49. The second-order valence-corrected chi connectivity index (χ2v) is 9.04. The van der Waals surface area contributed by atoms with Gasteiger partial charge < -0.3 is 11.1 Å². The largest absolute Gasteiger partial charge is 0.327 e. The molecule has 2 bridgehead atoms. The highest BCUT2D eigenvalue weighted by Crippen LogP contribution is 2.47. The summed E-state index contributed by atoms with van der Waals surface area (Å²) >= 11 is 0. The third-order valence-electron chi connectivity index (χ3n) is 5.43. The summed E-state index contributed by atoms with van der Waals surface area (Å²) in [6.07, 6.45) is 4.65. The van der Waals surface area contributed by atoms with Crippen molar-refractivity contribution >= 4 is 9.84 Å². The van der Waals surface area contributed by atoms with Crippen LogP contribution in [0.15, 0.2) is 0 Å². The third-order valence-corrected chi connectivity index (χ3v) is 7.33. The van der Waals surface area contributed by atoms with E-state index in [1.165, 1.54) is 19.3 Å². The van der Waals surface area contributed by atoms with E-state index in [4.69, 9.17) is 5.73 Å². The number of hydrogen-bond donors (Lipinski definition) is 2. The fraction of sp³-hybridized carbons (Fsp3) is 1.00. The Labute approximate surface area is 110 Å². The van der Waals surface area contributed by atoms with Crippen molar-refractivity contribution < 1.29 is 8.42 Å². The molecule has 3 N–H and O–H groups in total. The van der Waals surface area contributed by atoms with E-state index in [2.05, 4.69) is 5.32 Å². The standard InChI is InChI=1S/C13H24N2O2S/c1-13(4-5-18(16,17)8-13)15-7-11-9-2-3-10(6-9)12(11)14/h9-12,15H,2-8,14H2,1H3. The highest BCUT2D eigenvalue weighted by molar-refractivity contribution is 7.91. The van der Waals surface area contributed by atoms with Crippen LogP contribution in [0, 0.1) is 17.8 Å². The van der Waals surface area contributed by atoms with Crippen molar-refractivity contribution in [3.05, 3.63) is 0 Å². The first-order valence-electron chi connectivity index (χ1n) is 7.10. The summed E-state index contributed by atoms with van der Waals surface area (Å²) in [4.78, 5) is 0. The molecule has 0 spiro atoms. The van der Waals surface area contributed by atoms with Gasteiger partial charge in [-0.3, -0.25) is 0 Å². The van der Waals surface area contributed by atoms with Crippen molar-refractivity contribution in [1.82, 2.24) is 5.32 Å². The highest BCUT2D eigenvalue weighted by Gasteiger charge is 2.46. The van der Waals surface area contributed by atoms with E-state index in [0.717, 1.165) is 24.8 Å². The van der Waals surface area contributed by atoms with Crippen LogP contribution in [0.25, 0.3) is 0 Å². The maximum absolute atomic E-state index is 11.6. The van der Waals surface area contributed by atoms with Gasteiger partial charge in [-0.15, -0.1) is 0 Å². The Morgan fingerprint density at radius 2 is 2.06 bits per heavy atom. The first kappa shape index (κ1) is 12.9. The zero-order chi connectivity index (χ0) is 13.0. The summed E-state index contributed by atoms with van der Waals surface area (Å²) in [6, 6.07) is 0.331. The first-order valence-corrected chi connectivity index (χ1v) is 8.92. The molecule has 18 heavy (non-hydrogen) atoms. The van der Waals surface area contributed by atoms with Gasteiger partial charge in [-0.05, 0) is 50.4 Å². The van der Waals surface area contributed by atoms with Gasteiger partial charge in [0.1, 0.15) is 0 Å². The summed E-state index contributed by atoms with van der Waals surface area (Å²) in [5.41, 5.74) is 6.07. The minimum Gasteiger partial charge on any atom is -0.327 e. The molecule has 5 heteroatoms. The van der Waals surface area contributed by atoms with Gasteiger partial charge in [0, 0.05) is 18.1 Å². The SMILES string of the molecule is CC1(NCC2C3CCC(C3)C2N)CCS(=O)(=O)C1. The molecule has 1 aliphatic heterocycles. The molecule has 0 aromatic heterocycles. The van der Waals surface area contributed by atoms with E-state index in [1.807, 2.05) is 6.92 Å². The Morgan fingerprint density at radius 1 is 1.33 bits per heavy atom. The van der Waals surface area contributed by atoms with Crippen LogP contribution in [0.2, 0.25) is 0 Å². The van der Waals surface area contributed by atoms with E-state index < -0.39 is 9.84 Å². The van der Waals surface area contributed by atoms with Gasteiger partial charge in [-0.1, -0.05) is 0 Å². The second kappa shape index (κ2) is 4.18. The Balaban J connectivity index is 1.59. The molecule has 3 aliphatic rings. The van der Waals surface area contributed by atoms with Crippen molar-refractivity contribution in [1.29, 1.82) is 0 Å². The van der Waals surface area contributed by atoms with Crippen LogP contribution in [0.5, 0.6) is 0 Å². The van der Waals surface area contributed by atoms with Crippen LogP contribution in [0.3, 0.4) is 0 Å². The molecule has 0 aromatic rings. The van der Waals surface area contributed by atoms with Gasteiger partial charge in [-0.25, -0.2) is 8.42 Å². The van der Waals surface area contributed by atoms with E-state index in [1.54, 1.807) is 0 Å². The highest BCUT2D eigenvalue weighted by atomic mass is 32.2. The molecule has 1 heterocycles. The van der Waals surface area contributed by atoms with Crippen molar-refractivity contribution in [2.24, 2.45) is 23.5 Å². The number of rotatable bonds is 3. The maximum Gasteiger partial charge on any atom is 0.152 e. The lowest BCUT2D eigenvalue weighted by molar-refractivity contribution is 0.251. The average molecular weight is 272 g/mol. The molecule has 4 nitrogen and oxygen atoms in total. The molecule has 0 aromatic carbocycles. The number of fused-ring (bicyclic) bond motifs is 2. The number of nitrogens with one attached hydrogen (secondary N) is 1. The Hall–Kier alpha value is -0.130. The smallest absolute Gasteiger partial charge is 0.152 e. The van der Waals surface area contributed by atoms with Gasteiger partial charge in [-0.2, -0.15) is 0 Å². The molecular weight excluding hydrogens is 248 g/mol. The van der Waals surface area contributed by atoms with E-state index >= 15 is 0 Å². The topological polar surface area (TPSA) is 72.2 Å². The lowest BCUT2D eigenvalue weighted by Gasteiger charge is -2.32. The fourth-order valence-electron chi connectivity index (χ4n) is 4.27. The summed E-state index contributed by atoms with van der Waals surface area (Å²) in [5, 5.41) is 3.51. The zero-order valence-corrected chi connectivity index (χ0v) is 11.9. The van der Waals surface area contributed by atoms with Crippen LogP contribution in [0.4, 0.5) is 0 Å². The fourth-order valence-corrected chi connectivity index (χ4v) is 6.39. The first-order chi connectivity index (χ1) is 8.39. The van der Waals surface area contributed by atoms with Gasteiger partial charge in [0.15, 0.2) is 9.84 Å². The molecule has 5 atom stereocenters. The van der Waals surface area contributed by atoms with E-state index in [9.17, 15) is 8.42 Å². The average Bonchev–Trinajstić information content (AvgIpc) is 2.91. The molecule has 104 valence electrons. The lowest BCUT2D eigenvalue weighted by atomic mass is 9.84. The van der Waals surface area contributed by atoms with Crippen LogP contribution in [-0.2, 0) is 9.84 Å². The summed E-state index contributed by atoms with van der Waals surface area (Å²) in [5.74, 6) is 2.68. The van der Waals surface area contributed by atoms with Gasteiger partial charge in [0.2, 0.25) is 0 Å². The minimum atomic E-state index is -2.82. The normalized spacial score (nSPS) is 49.9. The van der Waals surface area contributed by atoms with Gasteiger partial charge >= 0.3 is 0 Å². The summed E-state index contributed by atoms with van der Waals surface area (Å²) < 4.78 is 23.1. The molecule has 2 saturated carbocycles. The van der Waals surface area contributed by atoms with Gasteiger partial charge in [0.05, 0.1) is 11.5 Å². The Bertz CT molecular complexity index is 434. The number of hydrogen-bond acceptors (Lipinski definition) is 4. The summed E-state index contributed by atoms with van der Waals surface area (Å²) in [6.45, 7) is 2.94. The molecular formula is C13H24N2O2S. The predicted octanol–water partition coefficient (Wildman–Crippen LogP) is 0.527. The van der Waals surface area contributed by atoms with Crippen molar-refractivity contribution in [3.63, 3.8) is 0 Å².